The molecule has 2 aromatic heterocycles. The van der Waals surface area contributed by atoms with Gasteiger partial charge in [0.15, 0.2) is 23.3 Å². The molecule has 0 N–H and O–H groups in total. The fraction of sp³-hybridized carbons (Fsp3) is 0.333. The van der Waals surface area contributed by atoms with Gasteiger partial charge in [0.05, 0.1) is 6.20 Å². The van der Waals surface area contributed by atoms with Gasteiger partial charge < -0.3 is 9.26 Å². The summed E-state index contributed by atoms with van der Waals surface area (Å²) in [5.41, 5.74) is 1.20. The van der Waals surface area contributed by atoms with Crippen LogP contribution in [-0.2, 0) is 17.8 Å². The summed E-state index contributed by atoms with van der Waals surface area (Å²) in [5, 5.41) is 4.60. The van der Waals surface area contributed by atoms with Crippen LogP contribution in [0.2, 0.25) is 0 Å². The SMILES string of the molecule is CSc1ncc(C(=O)OCc2nc(CC(C)C)no2)n1-c1ccccc1. The highest BCUT2D eigenvalue weighted by Gasteiger charge is 2.20. The molecule has 1 aromatic carbocycles. The summed E-state index contributed by atoms with van der Waals surface area (Å²) in [7, 11) is 0. The van der Waals surface area contributed by atoms with Crippen molar-refractivity contribution in [3.8, 4) is 5.69 Å². The Hall–Kier alpha value is -2.61. The number of nitrogens with zero attached hydrogens (tertiary/aromatic N) is 4. The number of carbonyl (C=O) groups is 1. The van der Waals surface area contributed by atoms with Crippen molar-refractivity contribution in [3.63, 3.8) is 0 Å². The Morgan fingerprint density at radius 3 is 2.77 bits per heavy atom. The Bertz CT molecular complexity index is 874. The molecule has 0 aliphatic heterocycles. The molecule has 0 fully saturated rings. The van der Waals surface area contributed by atoms with Crippen LogP contribution in [0, 0.1) is 5.92 Å². The predicted molar refractivity (Wildman–Crippen MR) is 97.3 cm³/mol. The van der Waals surface area contributed by atoms with E-state index in [4.69, 9.17) is 9.26 Å². The molecule has 0 radical (unpaired) electrons. The van der Waals surface area contributed by atoms with Gasteiger partial charge in [-0.1, -0.05) is 49.0 Å². The number of ether oxygens (including phenoxy) is 1. The van der Waals surface area contributed by atoms with Gasteiger partial charge in [0.25, 0.3) is 5.89 Å². The molecule has 0 aliphatic rings. The molecule has 0 atom stereocenters. The second kappa shape index (κ2) is 8.18. The fourth-order valence-electron chi connectivity index (χ4n) is 2.45. The van der Waals surface area contributed by atoms with Crippen LogP contribution in [0.4, 0.5) is 0 Å². The standard InChI is InChI=1S/C18H20N4O3S/c1-12(2)9-15-20-16(25-21-15)11-24-17(23)14-10-19-18(26-3)22(14)13-7-5-4-6-8-13/h4-8,10,12H,9,11H2,1-3H3. The van der Waals surface area contributed by atoms with Crippen LogP contribution in [-0.4, -0.2) is 31.9 Å². The molecule has 7 nitrogen and oxygen atoms in total. The van der Waals surface area contributed by atoms with E-state index in [1.165, 1.54) is 18.0 Å². The lowest BCUT2D eigenvalue weighted by Crippen LogP contribution is -2.12. The monoisotopic (exact) mass is 372 g/mol. The summed E-state index contributed by atoms with van der Waals surface area (Å²) >= 11 is 1.46. The maximum absolute atomic E-state index is 12.5. The highest BCUT2D eigenvalue weighted by molar-refractivity contribution is 7.98. The number of hydrogen-bond donors (Lipinski definition) is 0. The van der Waals surface area contributed by atoms with Crippen LogP contribution in [0.25, 0.3) is 5.69 Å². The first-order valence-corrected chi connectivity index (χ1v) is 9.46. The Balaban J connectivity index is 1.74. The summed E-state index contributed by atoms with van der Waals surface area (Å²) in [6, 6.07) is 9.55. The zero-order valence-electron chi connectivity index (χ0n) is 14.9. The second-order valence-electron chi connectivity index (χ2n) is 6.08. The van der Waals surface area contributed by atoms with E-state index >= 15 is 0 Å². The van der Waals surface area contributed by atoms with Crippen molar-refractivity contribution in [1.82, 2.24) is 19.7 Å². The molecule has 0 spiro atoms. The Morgan fingerprint density at radius 2 is 2.08 bits per heavy atom. The number of thioether (sulfide) groups is 1. The van der Waals surface area contributed by atoms with Gasteiger partial charge in [-0.05, 0) is 24.3 Å². The highest BCUT2D eigenvalue weighted by atomic mass is 32.2. The van der Waals surface area contributed by atoms with Gasteiger partial charge in [-0.3, -0.25) is 4.57 Å². The first-order valence-electron chi connectivity index (χ1n) is 8.24. The molecule has 0 unspecified atom stereocenters. The minimum Gasteiger partial charge on any atom is -0.451 e. The molecule has 0 amide bonds. The van der Waals surface area contributed by atoms with Gasteiger partial charge in [-0.2, -0.15) is 4.98 Å². The van der Waals surface area contributed by atoms with Crippen molar-refractivity contribution in [2.24, 2.45) is 5.92 Å². The van der Waals surface area contributed by atoms with Crippen LogP contribution in [0.5, 0.6) is 0 Å². The third-order valence-corrected chi connectivity index (χ3v) is 4.22. The van der Waals surface area contributed by atoms with Crippen molar-refractivity contribution in [2.75, 3.05) is 6.26 Å². The van der Waals surface area contributed by atoms with E-state index in [-0.39, 0.29) is 12.5 Å². The van der Waals surface area contributed by atoms with E-state index in [1.54, 1.807) is 4.57 Å². The first kappa shape index (κ1) is 18.2. The molecule has 8 heteroatoms. The maximum Gasteiger partial charge on any atom is 0.357 e. The number of para-hydroxylation sites is 1. The summed E-state index contributed by atoms with van der Waals surface area (Å²) in [6.07, 6.45) is 4.14. The van der Waals surface area contributed by atoms with Gasteiger partial charge in [0.1, 0.15) is 0 Å². The van der Waals surface area contributed by atoms with E-state index in [0.29, 0.717) is 22.6 Å². The third-order valence-electron chi connectivity index (χ3n) is 3.56. The van der Waals surface area contributed by atoms with Crippen LogP contribution in [0.15, 0.2) is 46.2 Å². The zero-order chi connectivity index (χ0) is 18.5. The van der Waals surface area contributed by atoms with Crippen molar-refractivity contribution < 1.29 is 14.1 Å². The third kappa shape index (κ3) is 4.13. The normalized spacial score (nSPS) is 11.1. The van der Waals surface area contributed by atoms with E-state index in [1.807, 2.05) is 36.6 Å². The summed E-state index contributed by atoms with van der Waals surface area (Å²) < 4.78 is 12.2. The molecule has 26 heavy (non-hydrogen) atoms. The van der Waals surface area contributed by atoms with Crippen molar-refractivity contribution in [1.29, 1.82) is 0 Å². The molecular formula is C18H20N4O3S. The molecule has 0 saturated carbocycles. The summed E-state index contributed by atoms with van der Waals surface area (Å²) in [5.74, 6) is 0.827. The van der Waals surface area contributed by atoms with Gasteiger partial charge in [-0.25, -0.2) is 9.78 Å². The van der Waals surface area contributed by atoms with Gasteiger partial charge in [0, 0.05) is 12.1 Å². The van der Waals surface area contributed by atoms with Gasteiger partial charge in [0.2, 0.25) is 0 Å². The first-order chi connectivity index (χ1) is 12.6. The van der Waals surface area contributed by atoms with Crippen LogP contribution in [0.3, 0.4) is 0 Å². The number of carbonyl (C=O) groups excluding carboxylic acids is 1. The lowest BCUT2D eigenvalue weighted by Gasteiger charge is -2.10. The molecule has 3 aromatic rings. The highest BCUT2D eigenvalue weighted by Crippen LogP contribution is 2.22. The lowest BCUT2D eigenvalue weighted by molar-refractivity contribution is 0.0419. The molecule has 0 aliphatic carbocycles. The minimum atomic E-state index is -0.495. The van der Waals surface area contributed by atoms with Crippen molar-refractivity contribution in [3.05, 3.63) is 53.9 Å². The zero-order valence-corrected chi connectivity index (χ0v) is 15.7. The van der Waals surface area contributed by atoms with E-state index in [2.05, 4.69) is 29.0 Å². The second-order valence-corrected chi connectivity index (χ2v) is 6.85. The molecule has 136 valence electrons. The smallest absolute Gasteiger partial charge is 0.357 e. The number of imidazole rings is 1. The van der Waals surface area contributed by atoms with E-state index in [9.17, 15) is 4.79 Å². The molecule has 2 heterocycles. The number of rotatable bonds is 7. The van der Waals surface area contributed by atoms with Crippen molar-refractivity contribution in [2.45, 2.75) is 32.0 Å². The Morgan fingerprint density at radius 1 is 1.31 bits per heavy atom. The molecule has 0 saturated heterocycles. The number of aromatic nitrogens is 4. The molecule has 3 rings (SSSR count). The van der Waals surface area contributed by atoms with Crippen molar-refractivity contribution >= 4 is 17.7 Å². The Kier molecular flexibility index (Phi) is 5.72. The number of benzene rings is 1. The molecule has 0 bridgehead atoms. The van der Waals surface area contributed by atoms with Crippen LogP contribution >= 0.6 is 11.8 Å². The largest absolute Gasteiger partial charge is 0.451 e. The average molecular weight is 372 g/mol. The predicted octanol–water partition coefficient (Wildman–Crippen LogP) is 3.53. The quantitative estimate of drug-likeness (QED) is 0.463. The molecular weight excluding hydrogens is 352 g/mol. The summed E-state index contributed by atoms with van der Waals surface area (Å²) in [4.78, 5) is 21.1. The fourth-order valence-corrected chi connectivity index (χ4v) is 2.99. The van der Waals surface area contributed by atoms with Crippen LogP contribution < -0.4 is 0 Å². The number of hydrogen-bond acceptors (Lipinski definition) is 7. The average Bonchev–Trinajstić information content (AvgIpc) is 3.26. The maximum atomic E-state index is 12.5. The van der Waals surface area contributed by atoms with E-state index in [0.717, 1.165) is 12.1 Å². The topological polar surface area (TPSA) is 83.0 Å². The van der Waals surface area contributed by atoms with E-state index < -0.39 is 5.97 Å². The van der Waals surface area contributed by atoms with Gasteiger partial charge >= 0.3 is 5.97 Å². The summed E-state index contributed by atoms with van der Waals surface area (Å²) in [6.45, 7) is 4.08. The minimum absolute atomic E-state index is 0.0709. The number of esters is 1. The lowest BCUT2D eigenvalue weighted by atomic mass is 10.1. The Labute approximate surface area is 155 Å². The van der Waals surface area contributed by atoms with Gasteiger partial charge in [-0.15, -0.1) is 0 Å². The van der Waals surface area contributed by atoms with Crippen LogP contribution in [0.1, 0.15) is 36.1 Å².